The van der Waals surface area contributed by atoms with Crippen LogP contribution in [0.3, 0.4) is 0 Å². The minimum Gasteiger partial charge on any atom is -0.444 e. The summed E-state index contributed by atoms with van der Waals surface area (Å²) < 4.78 is 6.11. The molecule has 1 heterocycles. The van der Waals surface area contributed by atoms with E-state index >= 15 is 0 Å². The van der Waals surface area contributed by atoms with Crippen molar-refractivity contribution < 1.29 is 9.53 Å². The van der Waals surface area contributed by atoms with Crippen LogP contribution in [0, 0.1) is 3.57 Å². The fourth-order valence-corrected chi connectivity index (χ4v) is 1.89. The molecule has 1 amide bonds. The maximum atomic E-state index is 11.1. The Morgan fingerprint density at radius 3 is 3.08 bits per heavy atom. The Bertz CT molecular complexity index is 365. The zero-order valence-electron chi connectivity index (χ0n) is 7.08. The van der Waals surface area contributed by atoms with E-state index in [0.29, 0.717) is 6.61 Å². The SMILES string of the molecule is CN1C(=O)OCc2cc(I)ccc21. The summed E-state index contributed by atoms with van der Waals surface area (Å²) in [4.78, 5) is 12.7. The lowest BCUT2D eigenvalue weighted by Crippen LogP contribution is -2.31. The average molecular weight is 289 g/mol. The van der Waals surface area contributed by atoms with Gasteiger partial charge in [-0.25, -0.2) is 4.79 Å². The van der Waals surface area contributed by atoms with Gasteiger partial charge in [0.05, 0.1) is 5.69 Å². The van der Waals surface area contributed by atoms with E-state index in [0.717, 1.165) is 14.8 Å². The molecule has 0 radical (unpaired) electrons. The molecule has 1 aromatic carbocycles. The maximum Gasteiger partial charge on any atom is 0.414 e. The lowest BCUT2D eigenvalue weighted by molar-refractivity contribution is 0.143. The van der Waals surface area contributed by atoms with Crippen molar-refractivity contribution in [1.82, 2.24) is 0 Å². The number of carbonyl (C=O) groups is 1. The van der Waals surface area contributed by atoms with Crippen molar-refractivity contribution in [2.24, 2.45) is 0 Å². The van der Waals surface area contributed by atoms with E-state index in [4.69, 9.17) is 4.74 Å². The number of halogens is 1. The van der Waals surface area contributed by atoms with Gasteiger partial charge in [0.25, 0.3) is 0 Å². The summed E-state index contributed by atoms with van der Waals surface area (Å²) in [6, 6.07) is 5.95. The van der Waals surface area contributed by atoms with Crippen LogP contribution in [0.5, 0.6) is 0 Å². The molecule has 0 atom stereocenters. The Balaban J connectivity index is 2.49. The lowest BCUT2D eigenvalue weighted by atomic mass is 10.1. The molecule has 13 heavy (non-hydrogen) atoms. The smallest absolute Gasteiger partial charge is 0.414 e. The summed E-state index contributed by atoms with van der Waals surface area (Å²) in [5.74, 6) is 0. The second-order valence-corrected chi connectivity index (χ2v) is 4.13. The summed E-state index contributed by atoms with van der Waals surface area (Å²) in [6.45, 7) is 0.384. The first kappa shape index (κ1) is 8.80. The number of nitrogens with zero attached hydrogens (tertiary/aromatic N) is 1. The van der Waals surface area contributed by atoms with Crippen molar-refractivity contribution in [3.63, 3.8) is 0 Å². The van der Waals surface area contributed by atoms with E-state index in [1.807, 2.05) is 18.2 Å². The zero-order valence-corrected chi connectivity index (χ0v) is 9.24. The van der Waals surface area contributed by atoms with E-state index in [2.05, 4.69) is 22.6 Å². The summed E-state index contributed by atoms with van der Waals surface area (Å²) >= 11 is 2.24. The van der Waals surface area contributed by atoms with Crippen LogP contribution in [0.4, 0.5) is 10.5 Å². The number of amides is 1. The number of carbonyl (C=O) groups excluding carboxylic acids is 1. The van der Waals surface area contributed by atoms with Gasteiger partial charge < -0.3 is 4.74 Å². The minimum absolute atomic E-state index is 0.284. The molecule has 1 aliphatic heterocycles. The van der Waals surface area contributed by atoms with Gasteiger partial charge in [-0.15, -0.1) is 0 Å². The molecule has 1 aliphatic rings. The molecule has 0 saturated heterocycles. The second-order valence-electron chi connectivity index (χ2n) is 2.89. The van der Waals surface area contributed by atoms with Gasteiger partial charge in [0.15, 0.2) is 0 Å². The normalized spacial score (nSPS) is 15.2. The number of benzene rings is 1. The fourth-order valence-electron chi connectivity index (χ4n) is 1.33. The third-order valence-corrected chi connectivity index (χ3v) is 2.70. The molecule has 0 spiro atoms. The Morgan fingerprint density at radius 1 is 1.54 bits per heavy atom. The van der Waals surface area contributed by atoms with Crippen LogP contribution < -0.4 is 4.90 Å². The molecule has 1 aromatic rings. The van der Waals surface area contributed by atoms with Gasteiger partial charge >= 0.3 is 6.09 Å². The van der Waals surface area contributed by atoms with Crippen LogP contribution in [0.1, 0.15) is 5.56 Å². The molecule has 0 fully saturated rings. The van der Waals surface area contributed by atoms with Crippen molar-refractivity contribution in [1.29, 1.82) is 0 Å². The van der Waals surface area contributed by atoms with Crippen LogP contribution in [0.15, 0.2) is 18.2 Å². The number of rotatable bonds is 0. The highest BCUT2D eigenvalue weighted by Crippen LogP contribution is 2.26. The van der Waals surface area contributed by atoms with Crippen LogP contribution in [-0.2, 0) is 11.3 Å². The molecule has 68 valence electrons. The number of cyclic esters (lactones) is 1. The summed E-state index contributed by atoms with van der Waals surface area (Å²) in [5.41, 5.74) is 2.01. The van der Waals surface area contributed by atoms with Gasteiger partial charge in [0.1, 0.15) is 6.61 Å². The van der Waals surface area contributed by atoms with Gasteiger partial charge in [-0.3, -0.25) is 4.90 Å². The Kier molecular flexibility index (Phi) is 2.15. The van der Waals surface area contributed by atoms with Crippen molar-refractivity contribution in [2.45, 2.75) is 6.61 Å². The molecule has 0 aromatic heterocycles. The van der Waals surface area contributed by atoms with Crippen LogP contribution in [-0.4, -0.2) is 13.1 Å². The standard InChI is InChI=1S/C9H8INO2/c1-11-8-3-2-7(10)4-6(8)5-13-9(11)12/h2-4H,5H2,1H3. The monoisotopic (exact) mass is 289 g/mol. The highest BCUT2D eigenvalue weighted by molar-refractivity contribution is 14.1. The molecule has 0 aliphatic carbocycles. The van der Waals surface area contributed by atoms with E-state index in [-0.39, 0.29) is 6.09 Å². The third kappa shape index (κ3) is 1.50. The maximum absolute atomic E-state index is 11.1. The van der Waals surface area contributed by atoms with Crippen LogP contribution >= 0.6 is 22.6 Å². The minimum atomic E-state index is -0.284. The van der Waals surface area contributed by atoms with Gasteiger partial charge in [-0.05, 0) is 40.8 Å². The molecule has 0 N–H and O–H groups in total. The highest BCUT2D eigenvalue weighted by Gasteiger charge is 2.21. The van der Waals surface area contributed by atoms with Gasteiger partial charge in [0, 0.05) is 16.2 Å². The van der Waals surface area contributed by atoms with Crippen molar-refractivity contribution in [2.75, 3.05) is 11.9 Å². The van der Waals surface area contributed by atoms with Crippen molar-refractivity contribution >= 4 is 34.4 Å². The number of fused-ring (bicyclic) bond motifs is 1. The first-order valence-electron chi connectivity index (χ1n) is 3.87. The Morgan fingerprint density at radius 2 is 2.31 bits per heavy atom. The average Bonchev–Trinajstić information content (AvgIpc) is 2.12. The quantitative estimate of drug-likeness (QED) is 0.686. The number of hydrogen-bond donors (Lipinski definition) is 0. The highest BCUT2D eigenvalue weighted by atomic mass is 127. The van der Waals surface area contributed by atoms with Gasteiger partial charge in [-0.2, -0.15) is 0 Å². The van der Waals surface area contributed by atoms with Crippen LogP contribution in [0.2, 0.25) is 0 Å². The first-order chi connectivity index (χ1) is 6.18. The first-order valence-corrected chi connectivity index (χ1v) is 4.95. The fraction of sp³-hybridized carbons (Fsp3) is 0.222. The summed E-state index contributed by atoms with van der Waals surface area (Å²) in [5, 5.41) is 0. The molecule has 2 rings (SSSR count). The van der Waals surface area contributed by atoms with Gasteiger partial charge in [-0.1, -0.05) is 0 Å². The summed E-state index contributed by atoms with van der Waals surface area (Å²) in [6.07, 6.45) is -0.284. The van der Waals surface area contributed by atoms with Crippen molar-refractivity contribution in [3.8, 4) is 0 Å². The zero-order chi connectivity index (χ0) is 9.42. The second kappa shape index (κ2) is 3.17. The summed E-state index contributed by atoms with van der Waals surface area (Å²) in [7, 11) is 1.72. The largest absolute Gasteiger partial charge is 0.444 e. The molecular weight excluding hydrogens is 281 g/mol. The van der Waals surface area contributed by atoms with E-state index in [1.54, 1.807) is 7.05 Å². The number of anilines is 1. The topological polar surface area (TPSA) is 29.5 Å². The van der Waals surface area contributed by atoms with E-state index < -0.39 is 0 Å². The molecule has 4 heteroatoms. The molecule has 0 saturated carbocycles. The van der Waals surface area contributed by atoms with Gasteiger partial charge in [0.2, 0.25) is 0 Å². The van der Waals surface area contributed by atoms with Crippen LogP contribution in [0.25, 0.3) is 0 Å². The number of ether oxygens (including phenoxy) is 1. The predicted octanol–water partition coefficient (Wildman–Crippen LogP) is 2.38. The van der Waals surface area contributed by atoms with Crippen molar-refractivity contribution in [3.05, 3.63) is 27.3 Å². The molecular formula is C9H8INO2. The molecule has 0 bridgehead atoms. The van der Waals surface area contributed by atoms with E-state index in [9.17, 15) is 4.79 Å². The molecule has 0 unspecified atom stereocenters. The Hall–Kier alpha value is -0.780. The number of hydrogen-bond acceptors (Lipinski definition) is 2. The van der Waals surface area contributed by atoms with E-state index in [1.165, 1.54) is 4.90 Å². The lowest BCUT2D eigenvalue weighted by Gasteiger charge is -2.25. The predicted molar refractivity (Wildman–Crippen MR) is 57.7 cm³/mol. The Labute approximate surface area is 89.8 Å². The molecule has 3 nitrogen and oxygen atoms in total. The third-order valence-electron chi connectivity index (χ3n) is 2.03.